The van der Waals surface area contributed by atoms with Crippen LogP contribution in [0.1, 0.15) is 24.0 Å². The van der Waals surface area contributed by atoms with E-state index in [9.17, 15) is 14.4 Å². The van der Waals surface area contributed by atoms with E-state index in [0.717, 1.165) is 39.4 Å². The van der Waals surface area contributed by atoms with Gasteiger partial charge < -0.3 is 20.2 Å². The number of aromatic nitrogens is 2. The maximum atomic E-state index is 13.1. The van der Waals surface area contributed by atoms with Crippen molar-refractivity contribution < 1.29 is 14.4 Å². The first-order valence-corrected chi connectivity index (χ1v) is 11.7. The van der Waals surface area contributed by atoms with Crippen LogP contribution in [-0.2, 0) is 28.0 Å². The molecular formula is C27H27N5O3. The van der Waals surface area contributed by atoms with Crippen molar-refractivity contribution in [2.45, 2.75) is 19.4 Å². The smallest absolute Gasteiger partial charge is 0.259 e. The molecule has 4 aromatic rings. The molecule has 0 spiro atoms. The number of benzene rings is 2. The highest BCUT2D eigenvalue weighted by Gasteiger charge is 2.35. The van der Waals surface area contributed by atoms with E-state index >= 15 is 0 Å². The van der Waals surface area contributed by atoms with Crippen LogP contribution in [0, 0.1) is 0 Å². The summed E-state index contributed by atoms with van der Waals surface area (Å²) in [6.45, 7) is 1.51. The molecule has 0 saturated heterocycles. The molecule has 2 aromatic heterocycles. The van der Waals surface area contributed by atoms with Crippen LogP contribution in [0.4, 0.5) is 0 Å². The Morgan fingerprint density at radius 3 is 2.20 bits per heavy atom. The van der Waals surface area contributed by atoms with Crippen molar-refractivity contribution in [1.82, 2.24) is 19.8 Å². The van der Waals surface area contributed by atoms with Crippen molar-refractivity contribution in [3.05, 3.63) is 72.1 Å². The molecule has 8 nitrogen and oxygen atoms in total. The Bertz CT molecular complexity index is 1510. The predicted octanol–water partition coefficient (Wildman–Crippen LogP) is 2.56. The Balaban J connectivity index is 1.58. The van der Waals surface area contributed by atoms with Crippen molar-refractivity contribution in [2.75, 3.05) is 13.1 Å². The van der Waals surface area contributed by atoms with Crippen LogP contribution in [0.3, 0.4) is 0 Å². The molecule has 0 unspecified atom stereocenters. The largest absolute Gasteiger partial charge is 0.356 e. The van der Waals surface area contributed by atoms with Crippen molar-refractivity contribution in [2.24, 2.45) is 12.8 Å². The molecule has 1 aliphatic heterocycles. The quantitative estimate of drug-likeness (QED) is 0.272. The molecule has 3 heterocycles. The number of nitrogens with one attached hydrogen (secondary N) is 2. The van der Waals surface area contributed by atoms with E-state index < -0.39 is 5.91 Å². The third-order valence-corrected chi connectivity index (χ3v) is 6.42. The van der Waals surface area contributed by atoms with E-state index in [2.05, 4.69) is 15.2 Å². The Morgan fingerprint density at radius 1 is 0.914 bits per heavy atom. The summed E-state index contributed by atoms with van der Waals surface area (Å²) in [6, 6.07) is 15.7. The lowest BCUT2D eigenvalue weighted by Crippen LogP contribution is -2.27. The van der Waals surface area contributed by atoms with Gasteiger partial charge in [0, 0.05) is 78.4 Å². The highest BCUT2D eigenvalue weighted by atomic mass is 16.2. The number of hydrogen-bond acceptors (Lipinski definition) is 4. The number of hydrogen-bond donors (Lipinski definition) is 3. The first kappa shape index (κ1) is 22.6. The number of rotatable bonds is 8. The van der Waals surface area contributed by atoms with Crippen LogP contribution in [0.5, 0.6) is 0 Å². The zero-order valence-electron chi connectivity index (χ0n) is 19.5. The number of nitrogens with two attached hydrogens (primary N) is 1. The molecular weight excluding hydrogens is 442 g/mol. The molecule has 0 bridgehead atoms. The fourth-order valence-corrected chi connectivity index (χ4v) is 4.84. The molecule has 8 heteroatoms. The lowest BCUT2D eigenvalue weighted by molar-refractivity contribution is -0.123. The van der Waals surface area contributed by atoms with Gasteiger partial charge in [-0.1, -0.05) is 36.4 Å². The van der Waals surface area contributed by atoms with Gasteiger partial charge in [0.15, 0.2) is 0 Å². The molecule has 178 valence electrons. The van der Waals surface area contributed by atoms with Crippen LogP contribution in [0.2, 0.25) is 0 Å². The van der Waals surface area contributed by atoms with Gasteiger partial charge in [0.1, 0.15) is 0 Å². The second kappa shape index (κ2) is 9.23. The van der Waals surface area contributed by atoms with E-state index in [-0.39, 0.29) is 11.8 Å². The lowest BCUT2D eigenvalue weighted by atomic mass is 9.95. The van der Waals surface area contributed by atoms with Crippen LogP contribution in [0.15, 0.2) is 60.9 Å². The minimum atomic E-state index is -0.394. The van der Waals surface area contributed by atoms with E-state index in [4.69, 9.17) is 5.73 Å². The third-order valence-electron chi connectivity index (χ3n) is 6.42. The number of aryl methyl sites for hydroxylation is 2. The summed E-state index contributed by atoms with van der Waals surface area (Å²) in [7, 11) is 1.93. The Morgan fingerprint density at radius 2 is 1.51 bits per heavy atom. The summed E-state index contributed by atoms with van der Waals surface area (Å²) < 4.78 is 4.04. The first-order chi connectivity index (χ1) is 17.0. The van der Waals surface area contributed by atoms with Crippen LogP contribution >= 0.6 is 0 Å². The molecule has 4 N–H and O–H groups in total. The summed E-state index contributed by atoms with van der Waals surface area (Å²) in [5.74, 6) is -0.840. The van der Waals surface area contributed by atoms with E-state index in [0.29, 0.717) is 37.2 Å². The highest BCUT2D eigenvalue weighted by molar-refractivity contribution is 6.50. The minimum absolute atomic E-state index is 0.0587. The summed E-state index contributed by atoms with van der Waals surface area (Å²) in [4.78, 5) is 37.8. The molecule has 35 heavy (non-hydrogen) atoms. The van der Waals surface area contributed by atoms with E-state index in [1.807, 2.05) is 72.5 Å². The number of nitrogens with zero attached hydrogens (tertiary/aromatic N) is 2. The standard InChI is InChI=1S/C27H27N5O3/c1-31-15-19(17-7-2-4-9-21(17)31)24-25(27(35)30-26(24)34)20-16-32(22-10-5-3-8-18(20)22)14-6-13-29-23(33)11-12-28/h2-5,7-10,15-16H,6,11-14,28H2,1H3,(H,29,33)(H,30,34,35). The maximum Gasteiger partial charge on any atom is 0.259 e. The first-order valence-electron chi connectivity index (χ1n) is 11.7. The summed E-state index contributed by atoms with van der Waals surface area (Å²) in [6.07, 6.45) is 4.87. The van der Waals surface area contributed by atoms with Gasteiger partial charge in [-0.2, -0.15) is 0 Å². The van der Waals surface area contributed by atoms with Gasteiger partial charge in [0.05, 0.1) is 11.1 Å². The number of carbonyl (C=O) groups excluding carboxylic acids is 3. The van der Waals surface area contributed by atoms with Crippen LogP contribution in [-0.4, -0.2) is 39.9 Å². The Labute approximate surface area is 202 Å². The van der Waals surface area contributed by atoms with Crippen molar-refractivity contribution in [1.29, 1.82) is 0 Å². The number of imide groups is 1. The fourth-order valence-electron chi connectivity index (χ4n) is 4.84. The zero-order chi connectivity index (χ0) is 24.5. The number of para-hydroxylation sites is 2. The van der Waals surface area contributed by atoms with Crippen LogP contribution < -0.4 is 16.4 Å². The lowest BCUT2D eigenvalue weighted by Gasteiger charge is -2.07. The molecule has 2 aromatic carbocycles. The van der Waals surface area contributed by atoms with Crippen LogP contribution in [0.25, 0.3) is 33.0 Å². The maximum absolute atomic E-state index is 13.1. The highest BCUT2D eigenvalue weighted by Crippen LogP contribution is 2.38. The van der Waals surface area contributed by atoms with Crippen molar-refractivity contribution in [3.8, 4) is 0 Å². The molecule has 0 radical (unpaired) electrons. The van der Waals surface area contributed by atoms with Gasteiger partial charge >= 0.3 is 0 Å². The Kier molecular flexibility index (Phi) is 5.96. The molecule has 3 amide bonds. The molecule has 0 fully saturated rings. The van der Waals surface area contributed by atoms with Crippen molar-refractivity contribution >= 4 is 50.7 Å². The SMILES string of the molecule is Cn1cc(C2=C(c3cn(CCCNC(=O)CCN)c4ccccc34)C(=O)NC2=O)c2ccccc21. The topological polar surface area (TPSA) is 111 Å². The zero-order valence-corrected chi connectivity index (χ0v) is 19.5. The monoisotopic (exact) mass is 469 g/mol. The summed E-state index contributed by atoms with van der Waals surface area (Å²) in [5, 5.41) is 7.20. The fraction of sp³-hybridized carbons (Fsp3) is 0.222. The molecule has 0 saturated carbocycles. The van der Waals surface area contributed by atoms with Gasteiger partial charge in [-0.25, -0.2) is 0 Å². The average molecular weight is 470 g/mol. The summed E-state index contributed by atoms with van der Waals surface area (Å²) in [5.41, 5.74) is 9.62. The summed E-state index contributed by atoms with van der Waals surface area (Å²) >= 11 is 0. The predicted molar refractivity (Wildman–Crippen MR) is 136 cm³/mol. The average Bonchev–Trinajstić information content (AvgIpc) is 3.47. The van der Waals surface area contributed by atoms with Crippen molar-refractivity contribution in [3.63, 3.8) is 0 Å². The van der Waals surface area contributed by atoms with Gasteiger partial charge in [-0.05, 0) is 18.6 Å². The van der Waals surface area contributed by atoms with Gasteiger partial charge in [0.25, 0.3) is 11.8 Å². The van der Waals surface area contributed by atoms with Gasteiger partial charge in [-0.15, -0.1) is 0 Å². The minimum Gasteiger partial charge on any atom is -0.356 e. The van der Waals surface area contributed by atoms with Gasteiger partial charge in [-0.3, -0.25) is 19.7 Å². The Hall–Kier alpha value is -4.17. The third kappa shape index (κ3) is 4.02. The normalized spacial score (nSPS) is 13.8. The second-order valence-electron chi connectivity index (χ2n) is 8.70. The molecule has 5 rings (SSSR count). The second-order valence-corrected chi connectivity index (χ2v) is 8.70. The van der Waals surface area contributed by atoms with Gasteiger partial charge in [0.2, 0.25) is 5.91 Å². The number of amides is 3. The molecule has 0 atom stereocenters. The number of carbonyl (C=O) groups is 3. The number of fused-ring (bicyclic) bond motifs is 2. The molecule has 1 aliphatic rings. The molecule has 0 aliphatic carbocycles. The van der Waals surface area contributed by atoms with E-state index in [1.54, 1.807) is 0 Å². The van der Waals surface area contributed by atoms with E-state index in [1.165, 1.54) is 0 Å².